The number of piperidine rings is 1. The predicted octanol–water partition coefficient (Wildman–Crippen LogP) is 3.09. The van der Waals surface area contributed by atoms with Crippen molar-refractivity contribution in [2.75, 3.05) is 13.1 Å². The molecular formula is C11H18BF3NO2-. The Hall–Kier alpha value is -0.875. The number of hydrogen-bond acceptors (Lipinski definition) is 2. The third-order valence-electron chi connectivity index (χ3n) is 3.65. The SMILES string of the molecule is CC(C)(C)OC(=O)N1CC[C@H]2[C@@H](C1)[C@@H]2[B-](F)(F)F. The lowest BCUT2D eigenvalue weighted by molar-refractivity contribution is 0.0207. The quantitative estimate of drug-likeness (QED) is 0.681. The molecule has 0 spiro atoms. The smallest absolute Gasteiger partial charge is 0.449 e. The average molecular weight is 264 g/mol. The third kappa shape index (κ3) is 2.75. The highest BCUT2D eigenvalue weighted by atomic mass is 19.4. The average Bonchev–Trinajstić information content (AvgIpc) is 2.86. The van der Waals surface area contributed by atoms with E-state index in [2.05, 4.69) is 0 Å². The highest BCUT2D eigenvalue weighted by Crippen LogP contribution is 2.62. The number of rotatable bonds is 1. The van der Waals surface area contributed by atoms with Crippen LogP contribution >= 0.6 is 0 Å². The maximum atomic E-state index is 12.7. The van der Waals surface area contributed by atoms with E-state index in [4.69, 9.17) is 4.74 Å². The molecule has 2 fully saturated rings. The monoisotopic (exact) mass is 264 g/mol. The minimum absolute atomic E-state index is 0.186. The van der Waals surface area contributed by atoms with Crippen molar-refractivity contribution in [3.05, 3.63) is 0 Å². The van der Waals surface area contributed by atoms with Gasteiger partial charge in [0.2, 0.25) is 0 Å². The zero-order valence-corrected chi connectivity index (χ0v) is 10.8. The zero-order chi connectivity index (χ0) is 13.7. The summed E-state index contributed by atoms with van der Waals surface area (Å²) >= 11 is 0. The molecule has 1 amide bonds. The van der Waals surface area contributed by atoms with Crippen LogP contribution in [0.2, 0.25) is 5.82 Å². The summed E-state index contributed by atoms with van der Waals surface area (Å²) < 4.78 is 43.2. The number of carbonyl (C=O) groups is 1. The van der Waals surface area contributed by atoms with E-state index >= 15 is 0 Å². The summed E-state index contributed by atoms with van der Waals surface area (Å²) in [5.41, 5.74) is -0.606. The van der Waals surface area contributed by atoms with E-state index in [1.807, 2.05) is 0 Å². The Labute approximate surface area is 105 Å². The van der Waals surface area contributed by atoms with E-state index in [1.54, 1.807) is 20.8 Å². The standard InChI is InChI=1S/C11H18BF3NO2/c1-11(2,3)18-10(17)16-5-4-7-8(6-16)9(7)12(13,14)15/h7-9H,4-6H2,1-3H3/q-1/t7-,8+,9+/m0/s1. The zero-order valence-electron chi connectivity index (χ0n) is 10.8. The molecule has 0 aromatic carbocycles. The maximum Gasteiger partial charge on any atom is 0.481 e. The molecule has 104 valence electrons. The van der Waals surface area contributed by atoms with E-state index < -0.39 is 30.4 Å². The predicted molar refractivity (Wildman–Crippen MR) is 62.2 cm³/mol. The van der Waals surface area contributed by atoms with Gasteiger partial charge in [-0.2, -0.15) is 0 Å². The van der Waals surface area contributed by atoms with Crippen molar-refractivity contribution in [1.82, 2.24) is 4.90 Å². The van der Waals surface area contributed by atoms with Crippen LogP contribution in [-0.4, -0.2) is 36.7 Å². The van der Waals surface area contributed by atoms with Crippen LogP contribution in [-0.2, 0) is 4.74 Å². The minimum atomic E-state index is -4.76. The number of nitrogens with zero attached hydrogens (tertiary/aromatic N) is 1. The molecule has 1 saturated heterocycles. The van der Waals surface area contributed by atoms with Gasteiger partial charge in [-0.25, -0.2) is 4.79 Å². The van der Waals surface area contributed by atoms with E-state index in [9.17, 15) is 17.7 Å². The second-order valence-corrected chi connectivity index (χ2v) is 6.25. The van der Waals surface area contributed by atoms with Gasteiger partial charge in [0, 0.05) is 13.1 Å². The minimum Gasteiger partial charge on any atom is -0.449 e. The molecule has 2 aliphatic rings. The van der Waals surface area contributed by atoms with Gasteiger partial charge in [-0.1, -0.05) is 11.7 Å². The van der Waals surface area contributed by atoms with Crippen molar-refractivity contribution in [3.8, 4) is 0 Å². The van der Waals surface area contributed by atoms with Crippen LogP contribution in [0.4, 0.5) is 17.7 Å². The topological polar surface area (TPSA) is 29.5 Å². The van der Waals surface area contributed by atoms with Crippen LogP contribution in [0, 0.1) is 11.8 Å². The van der Waals surface area contributed by atoms with Crippen LogP contribution in [0.15, 0.2) is 0 Å². The first-order valence-corrected chi connectivity index (χ1v) is 6.27. The van der Waals surface area contributed by atoms with Gasteiger partial charge < -0.3 is 22.6 Å². The first-order valence-electron chi connectivity index (χ1n) is 6.27. The molecule has 7 heteroatoms. The summed E-state index contributed by atoms with van der Waals surface area (Å²) in [6.07, 6.45) is -0.0585. The number of hydrogen-bond donors (Lipinski definition) is 0. The molecular weight excluding hydrogens is 246 g/mol. The summed E-state index contributed by atoms with van der Waals surface area (Å²) in [7, 11) is 0. The number of likely N-dealkylation sites (tertiary alicyclic amines) is 1. The van der Waals surface area contributed by atoms with Gasteiger partial charge in [0.05, 0.1) is 0 Å². The van der Waals surface area contributed by atoms with E-state index in [0.717, 1.165) is 0 Å². The Bertz CT molecular complexity index is 353. The van der Waals surface area contributed by atoms with Gasteiger partial charge >= 0.3 is 13.1 Å². The highest BCUT2D eigenvalue weighted by Gasteiger charge is 2.61. The largest absolute Gasteiger partial charge is 0.481 e. The lowest BCUT2D eigenvalue weighted by Crippen LogP contribution is -2.40. The van der Waals surface area contributed by atoms with E-state index in [-0.39, 0.29) is 12.5 Å². The van der Waals surface area contributed by atoms with Gasteiger partial charge in [-0.15, -0.1) is 0 Å². The second-order valence-electron chi connectivity index (χ2n) is 6.25. The molecule has 0 unspecified atom stereocenters. The van der Waals surface area contributed by atoms with Crippen LogP contribution in [0.25, 0.3) is 0 Å². The Morgan fingerprint density at radius 1 is 1.28 bits per heavy atom. The van der Waals surface area contributed by atoms with E-state index in [1.165, 1.54) is 4.90 Å². The number of carbonyl (C=O) groups excluding carboxylic acids is 1. The molecule has 1 heterocycles. The fourth-order valence-electron chi connectivity index (χ4n) is 2.84. The molecule has 3 nitrogen and oxygen atoms in total. The van der Waals surface area contributed by atoms with Crippen molar-refractivity contribution in [2.24, 2.45) is 11.8 Å². The molecule has 1 saturated carbocycles. The van der Waals surface area contributed by atoms with E-state index in [0.29, 0.717) is 13.0 Å². The fourth-order valence-corrected chi connectivity index (χ4v) is 2.84. The van der Waals surface area contributed by atoms with Crippen molar-refractivity contribution >= 4 is 13.1 Å². The number of fused-ring (bicyclic) bond motifs is 1. The van der Waals surface area contributed by atoms with Crippen molar-refractivity contribution in [1.29, 1.82) is 0 Å². The maximum absolute atomic E-state index is 12.7. The van der Waals surface area contributed by atoms with Crippen LogP contribution in [0.3, 0.4) is 0 Å². The lowest BCUT2D eigenvalue weighted by Gasteiger charge is -2.29. The Morgan fingerprint density at radius 2 is 1.89 bits per heavy atom. The molecule has 3 atom stereocenters. The van der Waals surface area contributed by atoms with Gasteiger partial charge in [0.15, 0.2) is 0 Å². The molecule has 0 radical (unpaired) electrons. The second kappa shape index (κ2) is 4.06. The highest BCUT2D eigenvalue weighted by molar-refractivity contribution is 6.61. The Balaban J connectivity index is 1.91. The molecule has 2 rings (SSSR count). The Morgan fingerprint density at radius 3 is 2.39 bits per heavy atom. The first-order chi connectivity index (χ1) is 8.09. The van der Waals surface area contributed by atoms with Crippen molar-refractivity contribution in [2.45, 2.75) is 38.6 Å². The molecule has 1 aliphatic carbocycles. The van der Waals surface area contributed by atoms with Crippen LogP contribution in [0.1, 0.15) is 27.2 Å². The van der Waals surface area contributed by atoms with Gasteiger partial charge in [-0.05, 0) is 33.1 Å². The molecule has 18 heavy (non-hydrogen) atoms. The summed E-state index contributed by atoms with van der Waals surface area (Å²) in [5.74, 6) is -1.81. The molecule has 0 bridgehead atoms. The summed E-state index contributed by atoms with van der Waals surface area (Å²) in [4.78, 5) is 13.2. The molecule has 0 N–H and O–H groups in total. The fraction of sp³-hybridized carbons (Fsp3) is 0.909. The number of halogens is 3. The summed E-state index contributed by atoms with van der Waals surface area (Å²) in [5, 5.41) is 0. The lowest BCUT2D eigenvalue weighted by atomic mass is 9.80. The number of ether oxygens (including phenoxy) is 1. The van der Waals surface area contributed by atoms with Gasteiger partial charge in [-0.3, -0.25) is 0 Å². The van der Waals surface area contributed by atoms with Crippen molar-refractivity contribution in [3.63, 3.8) is 0 Å². The molecule has 1 aliphatic heterocycles. The van der Waals surface area contributed by atoms with Crippen LogP contribution in [0.5, 0.6) is 0 Å². The van der Waals surface area contributed by atoms with Crippen LogP contribution < -0.4 is 0 Å². The molecule has 0 aromatic heterocycles. The van der Waals surface area contributed by atoms with Gasteiger partial charge in [0.1, 0.15) is 5.60 Å². The van der Waals surface area contributed by atoms with Gasteiger partial charge in [0.25, 0.3) is 0 Å². The first kappa shape index (κ1) is 13.6. The molecule has 0 aromatic rings. The number of amides is 1. The third-order valence-corrected chi connectivity index (χ3v) is 3.65. The van der Waals surface area contributed by atoms with Crippen molar-refractivity contribution < 1.29 is 22.5 Å². The Kier molecular flexibility index (Phi) is 3.06. The summed E-state index contributed by atoms with van der Waals surface area (Å²) in [6.45, 7) is 1.04. The summed E-state index contributed by atoms with van der Waals surface area (Å²) in [6, 6.07) is 0. The normalized spacial score (nSPS) is 31.9.